The third-order valence-corrected chi connectivity index (χ3v) is 3.77. The average Bonchev–Trinajstić information content (AvgIpc) is 2.98. The minimum atomic E-state index is -0.0498. The second-order valence-corrected chi connectivity index (χ2v) is 5.46. The summed E-state index contributed by atoms with van der Waals surface area (Å²) in [5, 5.41) is 2.98. The SMILES string of the molecule is CC[C@@H](C)NC(=O)c1ccc2nc(-c3ccccc3)cn2c1. The van der Waals surface area contributed by atoms with E-state index in [1.165, 1.54) is 0 Å². The molecule has 0 aliphatic rings. The van der Waals surface area contributed by atoms with E-state index >= 15 is 0 Å². The van der Waals surface area contributed by atoms with Crippen LogP contribution in [0.5, 0.6) is 0 Å². The molecular weight excluding hydrogens is 274 g/mol. The second-order valence-electron chi connectivity index (χ2n) is 5.46. The molecule has 0 radical (unpaired) electrons. The van der Waals surface area contributed by atoms with Gasteiger partial charge in [0, 0.05) is 24.0 Å². The molecule has 1 amide bonds. The third-order valence-electron chi connectivity index (χ3n) is 3.77. The lowest BCUT2D eigenvalue weighted by Gasteiger charge is -2.11. The highest BCUT2D eigenvalue weighted by molar-refractivity contribution is 5.94. The Bertz CT molecular complexity index is 792. The molecule has 0 fully saturated rings. The summed E-state index contributed by atoms with van der Waals surface area (Å²) in [6, 6.07) is 13.9. The minimum absolute atomic E-state index is 0.0498. The first-order chi connectivity index (χ1) is 10.7. The van der Waals surface area contributed by atoms with Crippen LogP contribution in [0, 0.1) is 0 Å². The number of benzene rings is 1. The van der Waals surface area contributed by atoms with Crippen molar-refractivity contribution in [3.05, 3.63) is 60.4 Å². The smallest absolute Gasteiger partial charge is 0.252 e. The molecule has 2 aromatic heterocycles. The third kappa shape index (κ3) is 2.86. The molecule has 4 heteroatoms. The van der Waals surface area contributed by atoms with E-state index in [0.29, 0.717) is 5.56 Å². The van der Waals surface area contributed by atoms with Crippen molar-refractivity contribution in [1.29, 1.82) is 0 Å². The number of fused-ring (bicyclic) bond motifs is 1. The standard InChI is InChI=1S/C18H19N3O/c1-3-13(2)19-18(22)15-9-10-17-20-16(12-21(17)11-15)14-7-5-4-6-8-14/h4-13H,3H2,1-2H3,(H,19,22)/t13-/m1/s1. The number of amides is 1. The fourth-order valence-corrected chi connectivity index (χ4v) is 2.28. The highest BCUT2D eigenvalue weighted by Gasteiger charge is 2.10. The molecule has 1 N–H and O–H groups in total. The van der Waals surface area contributed by atoms with Crippen molar-refractivity contribution in [2.75, 3.05) is 0 Å². The van der Waals surface area contributed by atoms with E-state index in [1.54, 1.807) is 0 Å². The molecular formula is C18H19N3O. The largest absolute Gasteiger partial charge is 0.350 e. The van der Waals surface area contributed by atoms with Crippen molar-refractivity contribution in [2.45, 2.75) is 26.3 Å². The van der Waals surface area contributed by atoms with E-state index in [4.69, 9.17) is 0 Å². The molecule has 4 nitrogen and oxygen atoms in total. The maximum Gasteiger partial charge on any atom is 0.252 e. The predicted octanol–water partition coefficient (Wildman–Crippen LogP) is 3.53. The summed E-state index contributed by atoms with van der Waals surface area (Å²) in [5.41, 5.74) is 3.45. The molecule has 0 aliphatic heterocycles. The van der Waals surface area contributed by atoms with Gasteiger partial charge in [-0.1, -0.05) is 37.3 Å². The topological polar surface area (TPSA) is 46.4 Å². The average molecular weight is 293 g/mol. The van der Waals surface area contributed by atoms with Gasteiger partial charge < -0.3 is 9.72 Å². The first-order valence-corrected chi connectivity index (χ1v) is 7.52. The fraction of sp³-hybridized carbons (Fsp3) is 0.222. The monoisotopic (exact) mass is 293 g/mol. The number of carbonyl (C=O) groups excluding carboxylic acids is 1. The molecule has 0 spiro atoms. The van der Waals surface area contributed by atoms with E-state index in [9.17, 15) is 4.79 Å². The second kappa shape index (κ2) is 6.02. The molecule has 0 bridgehead atoms. The normalized spacial score (nSPS) is 12.3. The summed E-state index contributed by atoms with van der Waals surface area (Å²) in [5.74, 6) is -0.0498. The van der Waals surface area contributed by atoms with Gasteiger partial charge >= 0.3 is 0 Å². The first kappa shape index (κ1) is 14.3. The van der Waals surface area contributed by atoms with E-state index in [1.807, 2.05) is 66.2 Å². The number of hydrogen-bond acceptors (Lipinski definition) is 2. The van der Waals surface area contributed by atoms with Gasteiger partial charge in [0.15, 0.2) is 0 Å². The molecule has 3 rings (SSSR count). The van der Waals surface area contributed by atoms with Crippen LogP contribution in [-0.4, -0.2) is 21.3 Å². The molecule has 1 aromatic carbocycles. The highest BCUT2D eigenvalue weighted by atomic mass is 16.1. The molecule has 2 heterocycles. The van der Waals surface area contributed by atoms with Gasteiger partial charge in [0.2, 0.25) is 0 Å². The molecule has 0 saturated heterocycles. The lowest BCUT2D eigenvalue weighted by molar-refractivity contribution is 0.0939. The number of pyridine rings is 1. The van der Waals surface area contributed by atoms with Gasteiger partial charge in [0.1, 0.15) is 5.65 Å². The van der Waals surface area contributed by atoms with Crippen molar-refractivity contribution in [3.63, 3.8) is 0 Å². The van der Waals surface area contributed by atoms with Crippen LogP contribution in [-0.2, 0) is 0 Å². The fourth-order valence-electron chi connectivity index (χ4n) is 2.28. The Kier molecular flexibility index (Phi) is 3.92. The molecule has 0 saturated carbocycles. The Morgan fingerprint density at radius 1 is 1.18 bits per heavy atom. The highest BCUT2D eigenvalue weighted by Crippen LogP contribution is 2.19. The van der Waals surface area contributed by atoms with E-state index in [2.05, 4.69) is 17.2 Å². The van der Waals surface area contributed by atoms with Crippen LogP contribution in [0.3, 0.4) is 0 Å². The number of hydrogen-bond donors (Lipinski definition) is 1. The summed E-state index contributed by atoms with van der Waals surface area (Å²) in [6.07, 6.45) is 4.69. The van der Waals surface area contributed by atoms with Crippen molar-refractivity contribution < 1.29 is 4.79 Å². The maximum absolute atomic E-state index is 12.2. The van der Waals surface area contributed by atoms with Gasteiger partial charge in [-0.15, -0.1) is 0 Å². The molecule has 3 aromatic rings. The summed E-state index contributed by atoms with van der Waals surface area (Å²) < 4.78 is 1.90. The Morgan fingerprint density at radius 2 is 1.95 bits per heavy atom. The van der Waals surface area contributed by atoms with Crippen molar-refractivity contribution in [2.24, 2.45) is 0 Å². The molecule has 112 valence electrons. The van der Waals surface area contributed by atoms with Crippen LogP contribution in [0.4, 0.5) is 0 Å². The Hall–Kier alpha value is -2.62. The van der Waals surface area contributed by atoms with Crippen LogP contribution >= 0.6 is 0 Å². The van der Waals surface area contributed by atoms with Crippen molar-refractivity contribution in [3.8, 4) is 11.3 Å². The quantitative estimate of drug-likeness (QED) is 0.800. The van der Waals surface area contributed by atoms with Gasteiger partial charge in [-0.25, -0.2) is 4.98 Å². The molecule has 0 aliphatic carbocycles. The summed E-state index contributed by atoms with van der Waals surface area (Å²) >= 11 is 0. The van der Waals surface area contributed by atoms with Gasteiger partial charge in [-0.3, -0.25) is 4.79 Å². The predicted molar refractivity (Wildman–Crippen MR) is 87.8 cm³/mol. The number of rotatable bonds is 4. The maximum atomic E-state index is 12.2. The number of aromatic nitrogens is 2. The molecule has 1 atom stereocenters. The van der Waals surface area contributed by atoms with Crippen LogP contribution in [0.1, 0.15) is 30.6 Å². The zero-order valence-corrected chi connectivity index (χ0v) is 12.8. The number of carbonyl (C=O) groups is 1. The van der Waals surface area contributed by atoms with Crippen LogP contribution < -0.4 is 5.32 Å². The minimum Gasteiger partial charge on any atom is -0.350 e. The lowest BCUT2D eigenvalue weighted by Crippen LogP contribution is -2.32. The first-order valence-electron chi connectivity index (χ1n) is 7.52. The lowest BCUT2D eigenvalue weighted by atomic mass is 10.2. The van der Waals surface area contributed by atoms with Gasteiger partial charge in [0.25, 0.3) is 5.91 Å². The Balaban J connectivity index is 1.92. The van der Waals surface area contributed by atoms with Crippen molar-refractivity contribution in [1.82, 2.24) is 14.7 Å². The summed E-state index contributed by atoms with van der Waals surface area (Å²) in [7, 11) is 0. The van der Waals surface area contributed by atoms with Crippen molar-refractivity contribution >= 4 is 11.6 Å². The number of nitrogens with one attached hydrogen (secondary N) is 1. The van der Waals surface area contributed by atoms with Crippen LogP contribution in [0.15, 0.2) is 54.9 Å². The number of imidazole rings is 1. The zero-order valence-electron chi connectivity index (χ0n) is 12.8. The Labute approximate surface area is 129 Å². The van der Waals surface area contributed by atoms with Crippen LogP contribution in [0.2, 0.25) is 0 Å². The van der Waals surface area contributed by atoms with E-state index in [-0.39, 0.29) is 11.9 Å². The van der Waals surface area contributed by atoms with Gasteiger partial charge in [0.05, 0.1) is 11.3 Å². The molecule has 0 unspecified atom stereocenters. The van der Waals surface area contributed by atoms with Crippen LogP contribution in [0.25, 0.3) is 16.9 Å². The van der Waals surface area contributed by atoms with E-state index in [0.717, 1.165) is 23.3 Å². The van der Waals surface area contributed by atoms with Gasteiger partial charge in [-0.2, -0.15) is 0 Å². The van der Waals surface area contributed by atoms with Gasteiger partial charge in [-0.05, 0) is 25.5 Å². The summed E-state index contributed by atoms with van der Waals surface area (Å²) in [4.78, 5) is 16.8. The zero-order chi connectivity index (χ0) is 15.5. The number of nitrogens with zero attached hydrogens (tertiary/aromatic N) is 2. The van der Waals surface area contributed by atoms with E-state index < -0.39 is 0 Å². The Morgan fingerprint density at radius 3 is 2.68 bits per heavy atom. The molecule has 22 heavy (non-hydrogen) atoms. The summed E-state index contributed by atoms with van der Waals surface area (Å²) in [6.45, 7) is 4.05.